The van der Waals surface area contributed by atoms with Gasteiger partial charge in [-0.25, -0.2) is 4.79 Å². The average molecular weight is 407 g/mol. The van der Waals surface area contributed by atoms with Crippen LogP contribution >= 0.6 is 0 Å². The molecular weight excluding hydrogens is 386 g/mol. The van der Waals surface area contributed by atoms with Crippen LogP contribution in [0.2, 0.25) is 0 Å². The number of rotatable bonds is 8. The number of hydrogen-bond acceptors (Lipinski definition) is 6. The maximum atomic E-state index is 13.1. The lowest BCUT2D eigenvalue weighted by molar-refractivity contribution is -0.386. The van der Waals surface area contributed by atoms with Gasteiger partial charge in [0.1, 0.15) is 6.10 Å². The van der Waals surface area contributed by atoms with Crippen LogP contribution in [0.25, 0.3) is 0 Å². The van der Waals surface area contributed by atoms with Gasteiger partial charge >= 0.3 is 5.97 Å². The predicted molar refractivity (Wildman–Crippen MR) is 109 cm³/mol. The van der Waals surface area contributed by atoms with Gasteiger partial charge in [0.15, 0.2) is 0 Å². The van der Waals surface area contributed by atoms with E-state index < -0.39 is 22.6 Å². The molecule has 1 N–H and O–H groups in total. The third kappa shape index (κ3) is 4.07. The minimum atomic E-state index is -2.02. The largest absolute Gasteiger partial charge is 0.467 e. The molecule has 3 aromatic rings. The maximum Gasteiger partial charge on any atom is 0.346 e. The molecular formula is C23H21NO6. The van der Waals surface area contributed by atoms with Gasteiger partial charge in [0.25, 0.3) is 5.69 Å². The molecule has 3 aromatic carbocycles. The van der Waals surface area contributed by atoms with E-state index in [9.17, 15) is 20.0 Å². The standard InChI is InChI=1S/C23H21NO6/c1-29-22(26)23(18-12-6-3-7-13-18,30-16-17-10-4-2-5-11-17)21(25)19-14-8-9-15-20(19)24(27)28/h2-15,21,25H,16H2,1H3. The van der Waals surface area contributed by atoms with E-state index in [4.69, 9.17) is 9.47 Å². The number of benzene rings is 3. The Hall–Kier alpha value is -3.55. The second-order valence-corrected chi connectivity index (χ2v) is 6.59. The van der Waals surface area contributed by atoms with Crippen LogP contribution < -0.4 is 0 Å². The molecule has 0 aliphatic carbocycles. The summed E-state index contributed by atoms with van der Waals surface area (Å²) >= 11 is 0. The first-order valence-electron chi connectivity index (χ1n) is 9.24. The van der Waals surface area contributed by atoms with E-state index in [0.29, 0.717) is 5.56 Å². The summed E-state index contributed by atoms with van der Waals surface area (Å²) in [6.45, 7) is -0.0253. The highest BCUT2D eigenvalue weighted by atomic mass is 16.6. The molecule has 0 aromatic heterocycles. The third-order valence-corrected chi connectivity index (χ3v) is 4.81. The first-order chi connectivity index (χ1) is 14.5. The molecule has 0 fully saturated rings. The fourth-order valence-electron chi connectivity index (χ4n) is 3.32. The molecule has 7 nitrogen and oxygen atoms in total. The average Bonchev–Trinajstić information content (AvgIpc) is 2.80. The molecule has 0 heterocycles. The van der Waals surface area contributed by atoms with E-state index in [1.807, 2.05) is 30.3 Å². The van der Waals surface area contributed by atoms with Gasteiger partial charge in [0.05, 0.1) is 24.2 Å². The van der Waals surface area contributed by atoms with Gasteiger partial charge in [0, 0.05) is 6.07 Å². The van der Waals surface area contributed by atoms with E-state index in [1.54, 1.807) is 36.4 Å². The van der Waals surface area contributed by atoms with Crippen LogP contribution in [0.1, 0.15) is 22.8 Å². The minimum Gasteiger partial charge on any atom is -0.467 e. The zero-order valence-corrected chi connectivity index (χ0v) is 16.3. The monoisotopic (exact) mass is 407 g/mol. The van der Waals surface area contributed by atoms with Crippen LogP contribution in [0, 0.1) is 10.1 Å². The summed E-state index contributed by atoms with van der Waals surface area (Å²) in [5, 5.41) is 22.9. The van der Waals surface area contributed by atoms with Crippen molar-refractivity contribution in [3.8, 4) is 0 Å². The summed E-state index contributed by atoms with van der Waals surface area (Å²) < 4.78 is 11.1. The van der Waals surface area contributed by atoms with Gasteiger partial charge in [-0.05, 0) is 17.2 Å². The number of ether oxygens (including phenoxy) is 2. The van der Waals surface area contributed by atoms with E-state index >= 15 is 0 Å². The van der Waals surface area contributed by atoms with Gasteiger partial charge in [-0.1, -0.05) is 72.8 Å². The second kappa shape index (κ2) is 9.30. The fraction of sp³-hybridized carbons (Fsp3) is 0.174. The number of nitro groups is 1. The van der Waals surface area contributed by atoms with Crippen LogP contribution in [0.3, 0.4) is 0 Å². The van der Waals surface area contributed by atoms with Crippen molar-refractivity contribution in [3.05, 3.63) is 112 Å². The van der Waals surface area contributed by atoms with Gasteiger partial charge in [-0.2, -0.15) is 0 Å². The van der Waals surface area contributed by atoms with Crippen molar-refractivity contribution in [1.82, 2.24) is 0 Å². The highest BCUT2D eigenvalue weighted by Gasteiger charge is 2.52. The number of nitrogens with zero attached hydrogens (tertiary/aromatic N) is 1. The Bertz CT molecular complexity index is 1010. The predicted octanol–water partition coefficient (Wildman–Crippen LogP) is 3.91. The molecule has 0 bridgehead atoms. The molecule has 2 unspecified atom stereocenters. The lowest BCUT2D eigenvalue weighted by atomic mass is 9.83. The molecule has 0 aliphatic rings. The number of hydrogen-bond donors (Lipinski definition) is 1. The molecule has 0 saturated heterocycles. The number of aliphatic hydroxyl groups is 1. The number of carbonyl (C=O) groups excluding carboxylic acids is 1. The van der Waals surface area contributed by atoms with Crippen molar-refractivity contribution in [2.24, 2.45) is 0 Å². The Balaban J connectivity index is 2.17. The molecule has 30 heavy (non-hydrogen) atoms. The smallest absolute Gasteiger partial charge is 0.346 e. The zero-order chi connectivity index (χ0) is 21.6. The van der Waals surface area contributed by atoms with Gasteiger partial charge in [-0.15, -0.1) is 0 Å². The van der Waals surface area contributed by atoms with Gasteiger partial charge in [0.2, 0.25) is 5.60 Å². The summed E-state index contributed by atoms with van der Waals surface area (Å²) in [5.74, 6) is -0.865. The van der Waals surface area contributed by atoms with Crippen molar-refractivity contribution in [1.29, 1.82) is 0 Å². The van der Waals surface area contributed by atoms with Crippen LogP contribution in [0.5, 0.6) is 0 Å². The lowest BCUT2D eigenvalue weighted by Gasteiger charge is -2.35. The van der Waals surface area contributed by atoms with Crippen molar-refractivity contribution >= 4 is 11.7 Å². The first kappa shape index (κ1) is 21.2. The number of esters is 1. The first-order valence-corrected chi connectivity index (χ1v) is 9.24. The molecule has 2 atom stereocenters. The number of para-hydroxylation sites is 1. The molecule has 154 valence electrons. The summed E-state index contributed by atoms with van der Waals surface area (Å²) in [4.78, 5) is 24.0. The quantitative estimate of drug-likeness (QED) is 0.345. The Kier molecular flexibility index (Phi) is 6.56. The highest BCUT2D eigenvalue weighted by molar-refractivity contribution is 5.83. The van der Waals surface area contributed by atoms with Crippen LogP contribution in [0.4, 0.5) is 5.69 Å². The van der Waals surface area contributed by atoms with Crippen LogP contribution in [-0.2, 0) is 26.5 Å². The van der Waals surface area contributed by atoms with Crippen LogP contribution in [-0.4, -0.2) is 23.1 Å². The maximum absolute atomic E-state index is 13.1. The van der Waals surface area contributed by atoms with Gasteiger partial charge < -0.3 is 14.6 Å². The molecule has 0 spiro atoms. The molecule has 0 amide bonds. The third-order valence-electron chi connectivity index (χ3n) is 4.81. The van der Waals surface area contributed by atoms with E-state index in [1.165, 1.54) is 25.3 Å². The summed E-state index contributed by atoms with van der Waals surface area (Å²) in [7, 11) is 1.18. The number of carbonyl (C=O) groups is 1. The molecule has 0 radical (unpaired) electrons. The van der Waals surface area contributed by atoms with E-state index in [2.05, 4.69) is 0 Å². The zero-order valence-electron chi connectivity index (χ0n) is 16.3. The van der Waals surface area contributed by atoms with Crippen molar-refractivity contribution in [2.75, 3.05) is 7.11 Å². The topological polar surface area (TPSA) is 98.9 Å². The Labute approximate surface area is 173 Å². The molecule has 7 heteroatoms. The Morgan fingerprint density at radius 3 is 2.17 bits per heavy atom. The minimum absolute atomic E-state index is 0.0253. The summed E-state index contributed by atoms with van der Waals surface area (Å²) in [6.07, 6.45) is -1.70. The number of nitro benzene ring substituents is 1. The summed E-state index contributed by atoms with van der Waals surface area (Å²) in [5.41, 5.74) is -1.31. The lowest BCUT2D eigenvalue weighted by Crippen LogP contribution is -2.45. The van der Waals surface area contributed by atoms with Gasteiger partial charge in [-0.3, -0.25) is 10.1 Å². The Morgan fingerprint density at radius 2 is 1.57 bits per heavy atom. The molecule has 0 saturated carbocycles. The van der Waals surface area contributed by atoms with E-state index in [-0.39, 0.29) is 17.9 Å². The SMILES string of the molecule is COC(=O)C(OCc1ccccc1)(c1ccccc1)C(O)c1ccccc1[N+](=O)[O-]. The van der Waals surface area contributed by atoms with Crippen molar-refractivity contribution in [2.45, 2.75) is 18.3 Å². The molecule has 0 aliphatic heterocycles. The fourth-order valence-corrected chi connectivity index (χ4v) is 3.32. The highest BCUT2D eigenvalue weighted by Crippen LogP contribution is 2.43. The normalized spacial score (nSPS) is 13.8. The van der Waals surface area contributed by atoms with Crippen molar-refractivity contribution < 1.29 is 24.3 Å². The molecule has 3 rings (SSSR count). The summed E-state index contributed by atoms with van der Waals surface area (Å²) in [6, 6.07) is 23.1. The van der Waals surface area contributed by atoms with E-state index in [0.717, 1.165) is 5.56 Å². The number of aliphatic hydroxyl groups excluding tert-OH is 1. The van der Waals surface area contributed by atoms with Crippen LogP contribution in [0.15, 0.2) is 84.9 Å². The second-order valence-electron chi connectivity index (χ2n) is 6.59. The Morgan fingerprint density at radius 1 is 1.00 bits per heavy atom. The van der Waals surface area contributed by atoms with Crippen molar-refractivity contribution in [3.63, 3.8) is 0 Å². The number of methoxy groups -OCH3 is 1.